The molecule has 5 nitrogen and oxygen atoms in total. The van der Waals surface area contributed by atoms with Gasteiger partial charge in [-0.2, -0.15) is 11.8 Å². The molecule has 2 rings (SSSR count). The van der Waals surface area contributed by atoms with Crippen molar-refractivity contribution in [1.82, 2.24) is 9.97 Å². The second-order valence-corrected chi connectivity index (χ2v) is 5.83. The number of thioether (sulfide) groups is 1. The molecular formula is C15H20N4OS. The molecule has 4 N–H and O–H groups in total. The highest BCUT2D eigenvalue weighted by atomic mass is 32.2. The van der Waals surface area contributed by atoms with Crippen LogP contribution in [0.1, 0.15) is 6.92 Å². The molecule has 0 aliphatic heterocycles. The maximum atomic E-state index is 9.34. The van der Waals surface area contributed by atoms with Crippen LogP contribution in [0.5, 0.6) is 0 Å². The standard InChI is InChI=1S/C15H20N4OS/c1-10(12(9-20)21-2)17-14-8-13(16)18-15(19-14)11-6-4-3-5-7-11/h3-8,10,12,20H,9H2,1-2H3,(H3,16,17,18,19). The van der Waals surface area contributed by atoms with Gasteiger partial charge in [-0.25, -0.2) is 9.97 Å². The number of anilines is 2. The van der Waals surface area contributed by atoms with Gasteiger partial charge in [0.15, 0.2) is 5.82 Å². The van der Waals surface area contributed by atoms with Crippen molar-refractivity contribution < 1.29 is 5.11 Å². The van der Waals surface area contributed by atoms with Gasteiger partial charge in [0.1, 0.15) is 11.6 Å². The molecular weight excluding hydrogens is 284 g/mol. The average molecular weight is 304 g/mol. The van der Waals surface area contributed by atoms with E-state index in [1.165, 1.54) is 0 Å². The fourth-order valence-electron chi connectivity index (χ4n) is 2.02. The minimum Gasteiger partial charge on any atom is -0.395 e. The van der Waals surface area contributed by atoms with E-state index in [9.17, 15) is 5.11 Å². The fraction of sp³-hybridized carbons (Fsp3) is 0.333. The Bertz CT molecular complexity index is 575. The van der Waals surface area contributed by atoms with Crippen LogP contribution in [0, 0.1) is 0 Å². The molecule has 112 valence electrons. The Labute approximate surface area is 129 Å². The van der Waals surface area contributed by atoms with Crippen molar-refractivity contribution in [1.29, 1.82) is 0 Å². The molecule has 0 radical (unpaired) electrons. The number of nitrogen functional groups attached to an aromatic ring is 1. The molecule has 6 heteroatoms. The van der Waals surface area contributed by atoms with E-state index in [1.807, 2.05) is 43.5 Å². The Kier molecular flexibility index (Phi) is 5.41. The van der Waals surface area contributed by atoms with Crippen molar-refractivity contribution in [2.45, 2.75) is 18.2 Å². The van der Waals surface area contributed by atoms with E-state index < -0.39 is 0 Å². The first-order valence-electron chi connectivity index (χ1n) is 6.74. The van der Waals surface area contributed by atoms with Crippen molar-refractivity contribution >= 4 is 23.4 Å². The number of nitrogens with zero attached hydrogens (tertiary/aromatic N) is 2. The number of aliphatic hydroxyl groups is 1. The third-order valence-corrected chi connectivity index (χ3v) is 4.36. The minimum atomic E-state index is 0.0722. The lowest BCUT2D eigenvalue weighted by Gasteiger charge is -2.22. The van der Waals surface area contributed by atoms with Crippen LogP contribution in [0.4, 0.5) is 11.6 Å². The first kappa shape index (κ1) is 15.6. The topological polar surface area (TPSA) is 84.1 Å². The van der Waals surface area contributed by atoms with Gasteiger partial charge in [-0.05, 0) is 13.2 Å². The number of benzene rings is 1. The van der Waals surface area contributed by atoms with Crippen LogP contribution >= 0.6 is 11.8 Å². The van der Waals surface area contributed by atoms with Crippen molar-refractivity contribution in [2.24, 2.45) is 0 Å². The summed E-state index contributed by atoms with van der Waals surface area (Å²) in [6.45, 7) is 2.12. The van der Waals surface area contributed by atoms with Gasteiger partial charge in [0.05, 0.1) is 6.61 Å². The number of aromatic nitrogens is 2. The van der Waals surface area contributed by atoms with Crippen LogP contribution in [0.3, 0.4) is 0 Å². The summed E-state index contributed by atoms with van der Waals surface area (Å²) in [5.74, 6) is 1.68. The van der Waals surface area contributed by atoms with Crippen LogP contribution in [0.25, 0.3) is 11.4 Å². The molecule has 2 atom stereocenters. The molecule has 0 aliphatic rings. The van der Waals surface area contributed by atoms with Crippen LogP contribution < -0.4 is 11.1 Å². The monoisotopic (exact) mass is 304 g/mol. The molecule has 0 spiro atoms. The third-order valence-electron chi connectivity index (χ3n) is 3.19. The zero-order valence-electron chi connectivity index (χ0n) is 12.2. The van der Waals surface area contributed by atoms with Gasteiger partial charge < -0.3 is 16.2 Å². The van der Waals surface area contributed by atoms with Gasteiger partial charge in [0.25, 0.3) is 0 Å². The number of nitrogens with two attached hydrogens (primary N) is 1. The fourth-order valence-corrected chi connectivity index (χ4v) is 2.64. The van der Waals surface area contributed by atoms with Gasteiger partial charge in [-0.15, -0.1) is 0 Å². The lowest BCUT2D eigenvalue weighted by Crippen LogP contribution is -2.31. The van der Waals surface area contributed by atoms with E-state index in [-0.39, 0.29) is 17.9 Å². The van der Waals surface area contributed by atoms with Crippen LogP contribution in [0.15, 0.2) is 36.4 Å². The SMILES string of the molecule is CSC(CO)C(C)Nc1cc(N)nc(-c2ccccc2)n1. The molecule has 1 aromatic carbocycles. The van der Waals surface area contributed by atoms with Gasteiger partial charge >= 0.3 is 0 Å². The first-order chi connectivity index (χ1) is 10.1. The largest absolute Gasteiger partial charge is 0.395 e. The molecule has 0 saturated carbocycles. The normalized spacial score (nSPS) is 13.7. The van der Waals surface area contributed by atoms with Crippen molar-refractivity contribution in [3.8, 4) is 11.4 Å². The maximum Gasteiger partial charge on any atom is 0.163 e. The van der Waals surface area contributed by atoms with E-state index >= 15 is 0 Å². The summed E-state index contributed by atoms with van der Waals surface area (Å²) >= 11 is 1.61. The second kappa shape index (κ2) is 7.28. The number of rotatable bonds is 6. The van der Waals surface area contributed by atoms with Crippen molar-refractivity contribution in [3.05, 3.63) is 36.4 Å². The predicted molar refractivity (Wildman–Crippen MR) is 89.4 cm³/mol. The molecule has 0 saturated heterocycles. The molecule has 2 unspecified atom stereocenters. The molecule has 0 amide bonds. The quantitative estimate of drug-likeness (QED) is 0.759. The minimum absolute atomic E-state index is 0.0722. The highest BCUT2D eigenvalue weighted by molar-refractivity contribution is 7.99. The summed E-state index contributed by atoms with van der Waals surface area (Å²) in [7, 11) is 0. The maximum absolute atomic E-state index is 9.34. The Morgan fingerprint density at radius 1 is 1.29 bits per heavy atom. The molecule has 0 bridgehead atoms. The lowest BCUT2D eigenvalue weighted by atomic mass is 10.2. The van der Waals surface area contributed by atoms with Crippen LogP contribution in [-0.2, 0) is 0 Å². The summed E-state index contributed by atoms with van der Waals surface area (Å²) in [5.41, 5.74) is 6.79. The molecule has 21 heavy (non-hydrogen) atoms. The number of nitrogens with one attached hydrogen (secondary N) is 1. The van der Waals surface area contributed by atoms with Crippen molar-refractivity contribution in [2.75, 3.05) is 23.9 Å². The Morgan fingerprint density at radius 2 is 2.00 bits per heavy atom. The molecule has 0 fully saturated rings. The summed E-state index contributed by atoms with van der Waals surface area (Å²) < 4.78 is 0. The zero-order valence-corrected chi connectivity index (χ0v) is 13.0. The highest BCUT2D eigenvalue weighted by Crippen LogP contribution is 2.20. The Morgan fingerprint density at radius 3 is 2.62 bits per heavy atom. The summed E-state index contributed by atoms with van der Waals surface area (Å²) in [4.78, 5) is 8.77. The molecule has 1 heterocycles. The predicted octanol–water partition coefficient (Wildman–Crippen LogP) is 2.25. The van der Waals surface area contributed by atoms with Gasteiger partial charge in [-0.3, -0.25) is 0 Å². The van der Waals surface area contributed by atoms with Crippen LogP contribution in [0.2, 0.25) is 0 Å². The van der Waals surface area contributed by atoms with E-state index in [4.69, 9.17) is 5.73 Å². The van der Waals surface area contributed by atoms with E-state index in [0.29, 0.717) is 17.5 Å². The lowest BCUT2D eigenvalue weighted by molar-refractivity contribution is 0.288. The van der Waals surface area contributed by atoms with E-state index in [0.717, 1.165) is 5.56 Å². The van der Waals surface area contributed by atoms with Crippen molar-refractivity contribution in [3.63, 3.8) is 0 Å². The molecule has 0 aliphatic carbocycles. The summed E-state index contributed by atoms with van der Waals surface area (Å²) in [6, 6.07) is 11.5. The smallest absolute Gasteiger partial charge is 0.163 e. The average Bonchev–Trinajstić information content (AvgIpc) is 2.49. The van der Waals surface area contributed by atoms with E-state index in [1.54, 1.807) is 17.8 Å². The number of hydrogen-bond acceptors (Lipinski definition) is 6. The second-order valence-electron chi connectivity index (χ2n) is 4.76. The number of aliphatic hydroxyl groups excluding tert-OH is 1. The zero-order chi connectivity index (χ0) is 15.2. The Hall–Kier alpha value is -1.79. The highest BCUT2D eigenvalue weighted by Gasteiger charge is 2.16. The summed E-state index contributed by atoms with van der Waals surface area (Å²) in [6.07, 6.45) is 1.98. The number of hydrogen-bond donors (Lipinski definition) is 3. The van der Waals surface area contributed by atoms with Gasteiger partial charge in [0, 0.05) is 22.9 Å². The Balaban J connectivity index is 2.23. The third kappa shape index (κ3) is 4.09. The first-order valence-corrected chi connectivity index (χ1v) is 8.03. The molecule has 2 aromatic rings. The molecule has 1 aromatic heterocycles. The summed E-state index contributed by atoms with van der Waals surface area (Å²) in [5, 5.41) is 12.7. The van der Waals surface area contributed by atoms with Gasteiger partial charge in [0.2, 0.25) is 0 Å². The van der Waals surface area contributed by atoms with Crippen LogP contribution in [-0.4, -0.2) is 39.2 Å². The van der Waals surface area contributed by atoms with E-state index in [2.05, 4.69) is 15.3 Å². The van der Waals surface area contributed by atoms with Gasteiger partial charge in [-0.1, -0.05) is 30.3 Å².